The minimum Gasteiger partial charge on any atom is -0.351 e. The van der Waals surface area contributed by atoms with E-state index in [-0.39, 0.29) is 17.5 Å². The number of aromatic amines is 1. The predicted molar refractivity (Wildman–Crippen MR) is 115 cm³/mol. The Morgan fingerprint density at radius 1 is 1.26 bits per heavy atom. The predicted octanol–water partition coefficient (Wildman–Crippen LogP) is 3.11. The monoisotopic (exact) mass is 419 g/mol. The van der Waals surface area contributed by atoms with Gasteiger partial charge in [-0.2, -0.15) is 14.6 Å². The van der Waals surface area contributed by atoms with Crippen LogP contribution in [0.2, 0.25) is 0 Å². The lowest BCUT2D eigenvalue weighted by atomic mass is 9.89. The second-order valence-electron chi connectivity index (χ2n) is 8.15. The number of H-pyrrole nitrogens is 1. The molecule has 4 aromatic heterocycles. The summed E-state index contributed by atoms with van der Waals surface area (Å²) >= 11 is 0. The molecule has 0 saturated heterocycles. The maximum absolute atomic E-state index is 13.8. The van der Waals surface area contributed by atoms with Crippen LogP contribution in [0.4, 0.5) is 10.3 Å². The fourth-order valence-electron chi connectivity index (χ4n) is 4.07. The molecule has 1 aliphatic carbocycles. The number of aromatic nitrogens is 6. The van der Waals surface area contributed by atoms with Crippen LogP contribution < -0.4 is 10.9 Å². The lowest BCUT2D eigenvalue weighted by Crippen LogP contribution is -2.32. The van der Waals surface area contributed by atoms with Gasteiger partial charge in [-0.3, -0.25) is 9.78 Å². The maximum atomic E-state index is 13.8. The van der Waals surface area contributed by atoms with Crippen molar-refractivity contribution < 1.29 is 4.39 Å². The van der Waals surface area contributed by atoms with Crippen LogP contribution in [0.25, 0.3) is 17.0 Å². The van der Waals surface area contributed by atoms with Crippen molar-refractivity contribution in [3.8, 4) is 11.4 Å². The third-order valence-corrected chi connectivity index (χ3v) is 5.68. The summed E-state index contributed by atoms with van der Waals surface area (Å²) in [6.07, 6.45) is 8.37. The highest BCUT2D eigenvalue weighted by molar-refractivity contribution is 5.62. The van der Waals surface area contributed by atoms with Crippen LogP contribution >= 0.6 is 0 Å². The quantitative estimate of drug-likeness (QED) is 0.527. The SMILES string of the molecule is CC(C)c1cnn2c(NC3CCc4c(cc[nH]c4=O)C3)nc(-c3cncc(F)c3)nc12. The van der Waals surface area contributed by atoms with Gasteiger partial charge in [-0.1, -0.05) is 13.8 Å². The number of halogens is 1. The molecule has 0 amide bonds. The van der Waals surface area contributed by atoms with E-state index in [4.69, 9.17) is 0 Å². The molecule has 0 spiro atoms. The Hall–Kier alpha value is -3.62. The minimum atomic E-state index is -0.442. The Balaban J connectivity index is 1.57. The molecule has 158 valence electrons. The lowest BCUT2D eigenvalue weighted by molar-refractivity contribution is 0.597. The van der Waals surface area contributed by atoms with E-state index in [1.807, 2.05) is 6.07 Å². The van der Waals surface area contributed by atoms with E-state index in [0.717, 1.165) is 29.3 Å². The molecule has 1 aliphatic rings. The second kappa shape index (κ2) is 7.57. The van der Waals surface area contributed by atoms with Crippen molar-refractivity contribution in [1.29, 1.82) is 0 Å². The van der Waals surface area contributed by atoms with E-state index in [1.165, 1.54) is 6.07 Å². The van der Waals surface area contributed by atoms with Gasteiger partial charge >= 0.3 is 0 Å². The summed E-state index contributed by atoms with van der Waals surface area (Å²) in [5.41, 5.74) is 4.03. The summed E-state index contributed by atoms with van der Waals surface area (Å²) in [4.78, 5) is 28.1. The van der Waals surface area contributed by atoms with Gasteiger partial charge in [0, 0.05) is 35.1 Å². The zero-order valence-corrected chi connectivity index (χ0v) is 17.3. The van der Waals surface area contributed by atoms with Gasteiger partial charge in [-0.25, -0.2) is 9.37 Å². The Morgan fingerprint density at radius 3 is 2.94 bits per heavy atom. The highest BCUT2D eigenvalue weighted by Gasteiger charge is 2.23. The number of fused-ring (bicyclic) bond motifs is 2. The minimum absolute atomic E-state index is 0.0186. The first-order valence-electron chi connectivity index (χ1n) is 10.3. The number of anilines is 1. The molecule has 0 radical (unpaired) electrons. The first kappa shape index (κ1) is 19.3. The summed E-state index contributed by atoms with van der Waals surface area (Å²) < 4.78 is 15.5. The number of hydrogen-bond acceptors (Lipinski definition) is 6. The molecule has 0 aliphatic heterocycles. The fraction of sp³-hybridized carbons (Fsp3) is 0.318. The summed E-state index contributed by atoms with van der Waals surface area (Å²) in [5.74, 6) is 0.695. The number of hydrogen-bond donors (Lipinski definition) is 2. The summed E-state index contributed by atoms with van der Waals surface area (Å²) in [6, 6.07) is 3.41. The Morgan fingerprint density at radius 2 is 2.13 bits per heavy atom. The largest absolute Gasteiger partial charge is 0.351 e. The first-order valence-corrected chi connectivity index (χ1v) is 10.3. The first-order chi connectivity index (χ1) is 15.0. The molecule has 2 N–H and O–H groups in total. The van der Waals surface area contributed by atoms with Crippen LogP contribution in [0.5, 0.6) is 0 Å². The van der Waals surface area contributed by atoms with Gasteiger partial charge in [0.1, 0.15) is 5.82 Å². The molecule has 0 saturated carbocycles. The van der Waals surface area contributed by atoms with Gasteiger partial charge in [0.25, 0.3) is 5.56 Å². The average molecular weight is 419 g/mol. The van der Waals surface area contributed by atoms with Crippen LogP contribution in [-0.4, -0.2) is 35.6 Å². The van der Waals surface area contributed by atoms with Crippen LogP contribution in [0.1, 0.15) is 42.9 Å². The maximum Gasteiger partial charge on any atom is 0.251 e. The van der Waals surface area contributed by atoms with Crippen LogP contribution in [0.3, 0.4) is 0 Å². The molecular weight excluding hydrogens is 397 g/mol. The molecule has 1 atom stereocenters. The van der Waals surface area contributed by atoms with Crippen molar-refractivity contribution >= 4 is 11.6 Å². The van der Waals surface area contributed by atoms with Gasteiger partial charge in [0.15, 0.2) is 11.5 Å². The topological polar surface area (TPSA) is 101 Å². The summed E-state index contributed by atoms with van der Waals surface area (Å²) in [5, 5.41) is 7.98. The van der Waals surface area contributed by atoms with Crippen molar-refractivity contribution in [2.24, 2.45) is 0 Å². The molecule has 5 rings (SSSR count). The third-order valence-electron chi connectivity index (χ3n) is 5.68. The van der Waals surface area contributed by atoms with Gasteiger partial charge < -0.3 is 10.3 Å². The molecule has 9 heteroatoms. The molecule has 0 aromatic carbocycles. The van der Waals surface area contributed by atoms with Gasteiger partial charge in [0.2, 0.25) is 5.95 Å². The molecule has 8 nitrogen and oxygen atoms in total. The summed E-state index contributed by atoms with van der Waals surface area (Å²) in [6.45, 7) is 4.15. The highest BCUT2D eigenvalue weighted by Crippen LogP contribution is 2.26. The van der Waals surface area contributed by atoms with E-state index < -0.39 is 5.82 Å². The molecule has 4 heterocycles. The van der Waals surface area contributed by atoms with E-state index in [0.29, 0.717) is 35.8 Å². The lowest BCUT2D eigenvalue weighted by Gasteiger charge is -2.25. The normalized spacial score (nSPS) is 15.9. The number of nitrogens with zero attached hydrogens (tertiary/aromatic N) is 5. The molecule has 0 fully saturated rings. The van der Waals surface area contributed by atoms with Crippen molar-refractivity contribution in [3.63, 3.8) is 0 Å². The summed E-state index contributed by atoms with van der Waals surface area (Å²) in [7, 11) is 0. The van der Waals surface area contributed by atoms with E-state index in [9.17, 15) is 9.18 Å². The van der Waals surface area contributed by atoms with E-state index >= 15 is 0 Å². The molecule has 31 heavy (non-hydrogen) atoms. The Kier molecular flexibility index (Phi) is 4.72. The third kappa shape index (κ3) is 3.56. The Labute approximate surface area is 177 Å². The zero-order chi connectivity index (χ0) is 21.5. The molecule has 1 unspecified atom stereocenters. The smallest absolute Gasteiger partial charge is 0.251 e. The van der Waals surface area contributed by atoms with Crippen LogP contribution in [0.15, 0.2) is 41.7 Å². The van der Waals surface area contributed by atoms with Gasteiger partial charge in [-0.05, 0) is 42.9 Å². The number of pyridine rings is 2. The van der Waals surface area contributed by atoms with Gasteiger partial charge in [0.05, 0.1) is 12.4 Å². The fourth-order valence-corrected chi connectivity index (χ4v) is 4.07. The number of rotatable bonds is 4. The van der Waals surface area contributed by atoms with Crippen molar-refractivity contribution in [2.75, 3.05) is 5.32 Å². The molecule has 0 bridgehead atoms. The second-order valence-corrected chi connectivity index (χ2v) is 8.15. The molecular formula is C22H22FN7O. The van der Waals surface area contributed by atoms with Crippen LogP contribution in [-0.2, 0) is 12.8 Å². The molecule has 4 aromatic rings. The van der Waals surface area contributed by atoms with Crippen molar-refractivity contribution in [1.82, 2.24) is 29.5 Å². The van der Waals surface area contributed by atoms with Crippen molar-refractivity contribution in [2.45, 2.75) is 45.1 Å². The van der Waals surface area contributed by atoms with Gasteiger partial charge in [-0.15, -0.1) is 0 Å². The zero-order valence-electron chi connectivity index (χ0n) is 17.3. The standard InChI is InChI=1S/C22H22FN7O/c1-12(2)18-11-26-30-20(18)28-19(14-7-15(23)10-24-9-14)29-22(30)27-16-3-4-17-13(8-16)5-6-25-21(17)31/h5-7,9-12,16H,3-4,8H2,1-2H3,(H,25,31)(H,27,28,29). The van der Waals surface area contributed by atoms with Crippen molar-refractivity contribution in [3.05, 3.63) is 69.8 Å². The van der Waals surface area contributed by atoms with Crippen LogP contribution in [0, 0.1) is 5.82 Å². The van der Waals surface area contributed by atoms with E-state index in [2.05, 4.69) is 44.2 Å². The average Bonchev–Trinajstić information content (AvgIpc) is 3.18. The van der Waals surface area contributed by atoms with E-state index in [1.54, 1.807) is 23.1 Å². The highest BCUT2D eigenvalue weighted by atomic mass is 19.1. The Bertz CT molecular complexity index is 1330. The number of nitrogens with one attached hydrogen (secondary N) is 2.